The van der Waals surface area contributed by atoms with Crippen molar-refractivity contribution in [3.8, 4) is 22.4 Å². The quantitative estimate of drug-likeness (QED) is 0.171. The largest absolute Gasteiger partial charge is 0.247 e. The summed E-state index contributed by atoms with van der Waals surface area (Å²) in [5.74, 6) is 0. The van der Waals surface area contributed by atoms with Crippen LogP contribution >= 0.6 is 0 Å². The molecule has 0 amide bonds. The van der Waals surface area contributed by atoms with E-state index in [-0.39, 0.29) is 5.41 Å². The summed E-state index contributed by atoms with van der Waals surface area (Å²) in [5.41, 5.74) is 8.57. The molecule has 0 saturated carbocycles. The second-order valence-corrected chi connectivity index (χ2v) is 10.8. The highest BCUT2D eigenvalue weighted by Crippen LogP contribution is 2.55. The Labute approximate surface area is 216 Å². The fourth-order valence-corrected chi connectivity index (χ4v) is 6.74. The lowest BCUT2D eigenvalue weighted by atomic mass is 9.76. The molecule has 1 aliphatic rings. The third kappa shape index (κ3) is 2.72. The maximum Gasteiger partial charge on any atom is 0.0759 e. The number of pyridine rings is 1. The summed E-state index contributed by atoms with van der Waals surface area (Å²) < 4.78 is 0. The molecule has 0 aliphatic heterocycles. The van der Waals surface area contributed by atoms with Gasteiger partial charge in [0, 0.05) is 16.4 Å². The van der Waals surface area contributed by atoms with Crippen LogP contribution in [0.2, 0.25) is 0 Å². The Morgan fingerprint density at radius 3 is 1.86 bits per heavy atom. The zero-order chi connectivity index (χ0) is 24.7. The van der Waals surface area contributed by atoms with Gasteiger partial charge in [-0.3, -0.25) is 0 Å². The van der Waals surface area contributed by atoms with Crippen molar-refractivity contribution < 1.29 is 0 Å². The van der Waals surface area contributed by atoms with Crippen LogP contribution < -0.4 is 0 Å². The first-order valence-corrected chi connectivity index (χ1v) is 13.0. The Morgan fingerprint density at radius 2 is 1.14 bits per heavy atom. The van der Waals surface area contributed by atoms with Crippen molar-refractivity contribution in [1.29, 1.82) is 0 Å². The summed E-state index contributed by atoms with van der Waals surface area (Å²) in [6, 6.07) is 42.0. The molecular weight excluding hydrogens is 446 g/mol. The minimum atomic E-state index is -0.183. The number of fused-ring (bicyclic) bond motifs is 8. The molecule has 0 atom stereocenters. The highest BCUT2D eigenvalue weighted by atomic mass is 14.7. The van der Waals surface area contributed by atoms with Crippen LogP contribution in [0.1, 0.15) is 25.0 Å². The zero-order valence-corrected chi connectivity index (χ0v) is 20.9. The van der Waals surface area contributed by atoms with Crippen molar-refractivity contribution in [1.82, 2.24) is 4.98 Å². The number of nitrogens with zero attached hydrogens (tertiary/aromatic N) is 1. The van der Waals surface area contributed by atoms with Gasteiger partial charge in [0.2, 0.25) is 0 Å². The predicted octanol–water partition coefficient (Wildman–Crippen LogP) is 9.67. The molecule has 1 nitrogen and oxygen atoms in total. The summed E-state index contributed by atoms with van der Waals surface area (Å²) >= 11 is 0. The van der Waals surface area contributed by atoms with Gasteiger partial charge in [-0.15, -0.1) is 0 Å². The van der Waals surface area contributed by atoms with Gasteiger partial charge in [-0.1, -0.05) is 117 Å². The lowest BCUT2D eigenvalue weighted by molar-refractivity contribution is 0.662. The number of aromatic nitrogens is 1. The molecule has 1 aromatic heterocycles. The molecule has 6 aromatic carbocycles. The Bertz CT molecular complexity index is 2010. The van der Waals surface area contributed by atoms with E-state index >= 15 is 0 Å². The molecule has 0 bridgehead atoms. The van der Waals surface area contributed by atoms with Crippen molar-refractivity contribution in [2.45, 2.75) is 19.3 Å². The van der Waals surface area contributed by atoms with Gasteiger partial charge in [-0.05, 0) is 66.7 Å². The van der Waals surface area contributed by atoms with Gasteiger partial charge in [0.05, 0.1) is 11.2 Å². The van der Waals surface area contributed by atoms with Gasteiger partial charge < -0.3 is 0 Å². The molecule has 7 aromatic rings. The van der Waals surface area contributed by atoms with Crippen LogP contribution in [0.4, 0.5) is 0 Å². The molecule has 0 spiro atoms. The van der Waals surface area contributed by atoms with E-state index in [1.54, 1.807) is 0 Å². The molecule has 1 aliphatic carbocycles. The van der Waals surface area contributed by atoms with E-state index in [2.05, 4.69) is 129 Å². The molecule has 0 fully saturated rings. The van der Waals surface area contributed by atoms with Crippen LogP contribution in [0.25, 0.3) is 65.6 Å². The van der Waals surface area contributed by atoms with E-state index in [1.807, 2.05) is 0 Å². The first-order valence-electron chi connectivity index (χ1n) is 13.0. The first kappa shape index (κ1) is 20.7. The Hall–Kier alpha value is -4.49. The van der Waals surface area contributed by atoms with Crippen molar-refractivity contribution in [2.75, 3.05) is 0 Å². The Balaban J connectivity index is 1.71. The lowest BCUT2D eigenvalue weighted by Crippen LogP contribution is -2.17. The predicted molar refractivity (Wildman–Crippen MR) is 157 cm³/mol. The van der Waals surface area contributed by atoms with E-state index in [0.717, 1.165) is 11.2 Å². The first-order chi connectivity index (χ1) is 18.1. The van der Waals surface area contributed by atoms with Gasteiger partial charge in [0.15, 0.2) is 0 Å². The number of rotatable bonds is 1. The molecular formula is C36H25N. The molecule has 0 radical (unpaired) electrons. The average molecular weight is 472 g/mol. The standard InChI is InChI=1S/C36H25N/c1-36(2)29-18-10-9-17-28(29)35-34(36)33(32-25-14-6-3-11-22(25)19-20-30(32)37-35)31-26-15-7-4-12-23(26)21-24-13-5-8-16-27(24)31/h3-21H,1-2H3. The number of hydrogen-bond acceptors (Lipinski definition) is 1. The monoisotopic (exact) mass is 471 g/mol. The van der Waals surface area contributed by atoms with Gasteiger partial charge >= 0.3 is 0 Å². The molecule has 174 valence electrons. The third-order valence-electron chi connectivity index (χ3n) is 8.38. The molecule has 1 heterocycles. The second kappa shape index (κ2) is 7.27. The smallest absolute Gasteiger partial charge is 0.0759 e. The highest BCUT2D eigenvalue weighted by Gasteiger charge is 2.40. The molecule has 0 unspecified atom stereocenters. The van der Waals surface area contributed by atoms with Crippen molar-refractivity contribution >= 4 is 43.2 Å². The Morgan fingerprint density at radius 1 is 0.541 bits per heavy atom. The van der Waals surface area contributed by atoms with Crippen LogP contribution in [0.3, 0.4) is 0 Å². The summed E-state index contributed by atoms with van der Waals surface area (Å²) in [4.78, 5) is 5.39. The highest BCUT2D eigenvalue weighted by molar-refractivity contribution is 6.23. The van der Waals surface area contributed by atoms with E-state index in [1.165, 1.54) is 65.5 Å². The topological polar surface area (TPSA) is 12.9 Å². The minimum Gasteiger partial charge on any atom is -0.247 e. The molecule has 37 heavy (non-hydrogen) atoms. The second-order valence-electron chi connectivity index (χ2n) is 10.8. The fourth-order valence-electron chi connectivity index (χ4n) is 6.74. The molecule has 0 N–H and O–H groups in total. The van der Waals surface area contributed by atoms with Crippen molar-refractivity contribution in [3.63, 3.8) is 0 Å². The van der Waals surface area contributed by atoms with Crippen molar-refractivity contribution in [3.05, 3.63) is 126 Å². The van der Waals surface area contributed by atoms with Crippen LogP contribution in [-0.2, 0) is 5.41 Å². The fraction of sp³-hybridized carbons (Fsp3) is 0.0833. The summed E-state index contributed by atoms with van der Waals surface area (Å²) in [6.07, 6.45) is 0. The van der Waals surface area contributed by atoms with Crippen LogP contribution in [0.5, 0.6) is 0 Å². The van der Waals surface area contributed by atoms with E-state index in [0.29, 0.717) is 0 Å². The maximum absolute atomic E-state index is 5.39. The van der Waals surface area contributed by atoms with E-state index in [9.17, 15) is 0 Å². The van der Waals surface area contributed by atoms with Gasteiger partial charge in [-0.2, -0.15) is 0 Å². The average Bonchev–Trinajstić information content (AvgIpc) is 3.17. The van der Waals surface area contributed by atoms with Crippen LogP contribution in [0.15, 0.2) is 115 Å². The number of benzene rings is 6. The molecule has 1 heteroatoms. The minimum absolute atomic E-state index is 0.183. The zero-order valence-electron chi connectivity index (χ0n) is 20.9. The van der Waals surface area contributed by atoms with Gasteiger partial charge in [0.1, 0.15) is 0 Å². The van der Waals surface area contributed by atoms with E-state index < -0.39 is 0 Å². The molecule has 0 saturated heterocycles. The normalized spacial score (nSPS) is 13.9. The van der Waals surface area contributed by atoms with Gasteiger partial charge in [0.25, 0.3) is 0 Å². The lowest BCUT2D eigenvalue weighted by Gasteiger charge is -2.27. The SMILES string of the molecule is CC1(C)c2ccccc2-c2nc3ccc4ccccc4c3c(-c3c4ccccc4cc4ccccc34)c21. The summed E-state index contributed by atoms with van der Waals surface area (Å²) in [7, 11) is 0. The number of hydrogen-bond donors (Lipinski definition) is 0. The van der Waals surface area contributed by atoms with Crippen molar-refractivity contribution in [2.24, 2.45) is 0 Å². The maximum atomic E-state index is 5.39. The summed E-state index contributed by atoms with van der Waals surface area (Å²) in [5, 5.41) is 8.86. The molecule has 8 rings (SSSR count). The summed E-state index contributed by atoms with van der Waals surface area (Å²) in [6.45, 7) is 4.74. The Kier molecular flexibility index (Phi) is 4.06. The third-order valence-corrected chi connectivity index (χ3v) is 8.38. The van der Waals surface area contributed by atoms with Crippen LogP contribution in [0, 0.1) is 0 Å². The van der Waals surface area contributed by atoms with Crippen LogP contribution in [-0.4, -0.2) is 4.98 Å². The van der Waals surface area contributed by atoms with E-state index in [4.69, 9.17) is 4.98 Å². The van der Waals surface area contributed by atoms with Gasteiger partial charge in [-0.25, -0.2) is 4.98 Å².